The smallest absolute Gasteiger partial charge is 0.306 e. The van der Waals surface area contributed by atoms with Gasteiger partial charge in [-0.25, -0.2) is 0 Å². The number of nitrogens with zero attached hydrogens (tertiary/aromatic N) is 1. The molecular formula is C22H21N3O6. The number of nitrogens with one attached hydrogen (secondary N) is 2. The second kappa shape index (κ2) is 9.66. The van der Waals surface area contributed by atoms with Gasteiger partial charge in [-0.2, -0.15) is 0 Å². The number of imide groups is 1. The highest BCUT2D eigenvalue weighted by atomic mass is 16.5. The largest absolute Gasteiger partial charge is 0.455 e. The molecule has 0 fully saturated rings. The standard InChI is InChI=1S/C22H21N3O6/c1-14-9-10-16-17(12-14)22(30)25(21(16)29)11-5-8-19(27)31-13-18(26)23-24-20(28)15-6-3-2-4-7-15/h2-4,6-7,9-10,12H,5,8,11,13H2,1H3,(H,23,26)(H,24,28). The van der Waals surface area contributed by atoms with Crippen molar-refractivity contribution in [1.82, 2.24) is 15.8 Å². The summed E-state index contributed by atoms with van der Waals surface area (Å²) in [7, 11) is 0. The Bertz CT molecular complexity index is 1030. The molecule has 4 amide bonds. The van der Waals surface area contributed by atoms with Crippen LogP contribution < -0.4 is 10.9 Å². The van der Waals surface area contributed by atoms with Crippen LogP contribution in [0.2, 0.25) is 0 Å². The minimum absolute atomic E-state index is 0.0693. The van der Waals surface area contributed by atoms with Gasteiger partial charge < -0.3 is 4.74 Å². The third-order valence-corrected chi connectivity index (χ3v) is 4.60. The first-order valence-corrected chi connectivity index (χ1v) is 9.63. The van der Waals surface area contributed by atoms with E-state index in [9.17, 15) is 24.0 Å². The lowest BCUT2D eigenvalue weighted by molar-refractivity contribution is -0.148. The summed E-state index contributed by atoms with van der Waals surface area (Å²) in [6, 6.07) is 13.3. The molecule has 1 aliphatic heterocycles. The molecule has 2 aromatic rings. The number of ether oxygens (including phenoxy) is 1. The molecule has 0 spiro atoms. The van der Waals surface area contributed by atoms with Crippen LogP contribution in [0.1, 0.15) is 49.5 Å². The van der Waals surface area contributed by atoms with Crippen LogP contribution in [0.4, 0.5) is 0 Å². The Morgan fingerprint density at radius 2 is 1.65 bits per heavy atom. The average Bonchev–Trinajstić information content (AvgIpc) is 3.00. The predicted molar refractivity (Wildman–Crippen MR) is 109 cm³/mol. The van der Waals surface area contributed by atoms with Gasteiger partial charge in [-0.3, -0.25) is 39.7 Å². The van der Waals surface area contributed by atoms with Crippen LogP contribution in [0, 0.1) is 6.92 Å². The Hall–Kier alpha value is -4.01. The number of hydrazine groups is 1. The van der Waals surface area contributed by atoms with Gasteiger partial charge in [0.1, 0.15) is 0 Å². The number of benzene rings is 2. The van der Waals surface area contributed by atoms with Crippen LogP contribution >= 0.6 is 0 Å². The fourth-order valence-corrected chi connectivity index (χ4v) is 3.03. The molecule has 1 heterocycles. The lowest BCUT2D eigenvalue weighted by atomic mass is 10.1. The molecule has 0 atom stereocenters. The van der Waals surface area contributed by atoms with Gasteiger partial charge in [0.15, 0.2) is 6.61 Å². The molecule has 0 aliphatic carbocycles. The lowest BCUT2D eigenvalue weighted by Crippen LogP contribution is -2.43. The molecule has 1 aliphatic rings. The Balaban J connectivity index is 1.36. The molecule has 2 aromatic carbocycles. The van der Waals surface area contributed by atoms with E-state index in [4.69, 9.17) is 4.74 Å². The summed E-state index contributed by atoms with van der Waals surface area (Å²) < 4.78 is 4.85. The highest BCUT2D eigenvalue weighted by molar-refractivity contribution is 6.21. The Kier molecular flexibility index (Phi) is 6.76. The van der Waals surface area contributed by atoms with E-state index >= 15 is 0 Å². The van der Waals surface area contributed by atoms with Gasteiger partial charge in [-0.15, -0.1) is 0 Å². The fourth-order valence-electron chi connectivity index (χ4n) is 3.03. The zero-order valence-electron chi connectivity index (χ0n) is 16.8. The van der Waals surface area contributed by atoms with Crippen molar-refractivity contribution in [3.8, 4) is 0 Å². The molecule has 31 heavy (non-hydrogen) atoms. The normalized spacial score (nSPS) is 12.4. The number of amides is 4. The zero-order chi connectivity index (χ0) is 22.4. The van der Waals surface area contributed by atoms with E-state index in [0.717, 1.165) is 10.5 Å². The predicted octanol–water partition coefficient (Wildman–Crippen LogP) is 1.38. The molecule has 3 rings (SSSR count). The van der Waals surface area contributed by atoms with Crippen LogP contribution in [0.3, 0.4) is 0 Å². The van der Waals surface area contributed by atoms with Crippen LogP contribution in [0.5, 0.6) is 0 Å². The highest BCUT2D eigenvalue weighted by Gasteiger charge is 2.35. The number of carbonyl (C=O) groups is 5. The van der Waals surface area contributed by atoms with Crippen LogP contribution in [0.25, 0.3) is 0 Å². The molecule has 0 radical (unpaired) electrons. The second-order valence-corrected chi connectivity index (χ2v) is 6.94. The van der Waals surface area contributed by atoms with Gasteiger partial charge in [-0.05, 0) is 37.6 Å². The van der Waals surface area contributed by atoms with Crippen LogP contribution in [-0.2, 0) is 14.3 Å². The lowest BCUT2D eigenvalue weighted by Gasteiger charge is -2.13. The van der Waals surface area contributed by atoms with Crippen LogP contribution in [-0.4, -0.2) is 47.6 Å². The number of esters is 1. The number of hydrogen-bond donors (Lipinski definition) is 2. The summed E-state index contributed by atoms with van der Waals surface area (Å²) in [6.45, 7) is 1.33. The Morgan fingerprint density at radius 3 is 2.39 bits per heavy atom. The number of hydrogen-bond acceptors (Lipinski definition) is 6. The first-order valence-electron chi connectivity index (χ1n) is 9.63. The molecule has 0 saturated heterocycles. The molecule has 9 heteroatoms. The summed E-state index contributed by atoms with van der Waals surface area (Å²) in [5.41, 5.74) is 6.32. The Labute approximate surface area is 178 Å². The third kappa shape index (κ3) is 5.33. The van der Waals surface area contributed by atoms with Crippen molar-refractivity contribution in [1.29, 1.82) is 0 Å². The van der Waals surface area contributed by atoms with Crippen molar-refractivity contribution < 1.29 is 28.7 Å². The van der Waals surface area contributed by atoms with E-state index in [1.54, 1.807) is 48.5 Å². The van der Waals surface area contributed by atoms with Crippen molar-refractivity contribution in [2.45, 2.75) is 19.8 Å². The number of fused-ring (bicyclic) bond motifs is 1. The quantitative estimate of drug-likeness (QED) is 0.394. The minimum Gasteiger partial charge on any atom is -0.455 e. The summed E-state index contributed by atoms with van der Waals surface area (Å²) in [5.74, 6) is -2.63. The Morgan fingerprint density at radius 1 is 0.935 bits per heavy atom. The zero-order valence-corrected chi connectivity index (χ0v) is 16.8. The van der Waals surface area contributed by atoms with Crippen molar-refractivity contribution in [3.05, 3.63) is 70.8 Å². The first kappa shape index (κ1) is 21.7. The molecule has 9 nitrogen and oxygen atoms in total. The second-order valence-electron chi connectivity index (χ2n) is 6.94. The molecule has 0 aromatic heterocycles. The van der Waals surface area contributed by atoms with Crippen molar-refractivity contribution in [3.63, 3.8) is 0 Å². The van der Waals surface area contributed by atoms with Gasteiger partial charge >= 0.3 is 5.97 Å². The first-order chi connectivity index (χ1) is 14.9. The van der Waals surface area contributed by atoms with Gasteiger partial charge in [-0.1, -0.05) is 29.8 Å². The van der Waals surface area contributed by atoms with E-state index in [0.29, 0.717) is 16.7 Å². The number of carbonyl (C=O) groups excluding carboxylic acids is 5. The monoisotopic (exact) mass is 423 g/mol. The van der Waals surface area contributed by atoms with Crippen LogP contribution in [0.15, 0.2) is 48.5 Å². The maximum atomic E-state index is 12.4. The number of rotatable bonds is 7. The molecule has 2 N–H and O–H groups in total. The minimum atomic E-state index is -0.701. The van der Waals surface area contributed by atoms with E-state index in [-0.39, 0.29) is 31.2 Å². The molecule has 160 valence electrons. The third-order valence-electron chi connectivity index (χ3n) is 4.60. The molecule has 0 bridgehead atoms. The van der Waals surface area contributed by atoms with E-state index in [2.05, 4.69) is 10.9 Å². The summed E-state index contributed by atoms with van der Waals surface area (Å²) in [5, 5.41) is 0. The summed E-state index contributed by atoms with van der Waals surface area (Å²) in [6.07, 6.45) is 0.131. The van der Waals surface area contributed by atoms with Crippen molar-refractivity contribution in [2.75, 3.05) is 13.2 Å². The van der Waals surface area contributed by atoms with Crippen molar-refractivity contribution in [2.24, 2.45) is 0 Å². The summed E-state index contributed by atoms with van der Waals surface area (Å²) in [4.78, 5) is 61.2. The van der Waals surface area contributed by atoms with Gasteiger partial charge in [0.25, 0.3) is 23.6 Å². The van der Waals surface area contributed by atoms with Gasteiger partial charge in [0.2, 0.25) is 0 Å². The molecule has 0 saturated carbocycles. The highest BCUT2D eigenvalue weighted by Crippen LogP contribution is 2.24. The maximum absolute atomic E-state index is 12.4. The van der Waals surface area contributed by atoms with E-state index in [1.165, 1.54) is 0 Å². The SMILES string of the molecule is Cc1ccc2c(c1)C(=O)N(CCCC(=O)OCC(=O)NNC(=O)c1ccccc1)C2=O. The molecular weight excluding hydrogens is 402 g/mol. The van der Waals surface area contributed by atoms with Gasteiger partial charge in [0, 0.05) is 18.5 Å². The van der Waals surface area contributed by atoms with E-state index < -0.39 is 24.4 Å². The maximum Gasteiger partial charge on any atom is 0.306 e. The average molecular weight is 423 g/mol. The number of aryl methyl sites for hydroxylation is 1. The topological polar surface area (TPSA) is 122 Å². The van der Waals surface area contributed by atoms with Gasteiger partial charge in [0.05, 0.1) is 11.1 Å². The van der Waals surface area contributed by atoms with E-state index in [1.807, 2.05) is 6.92 Å². The fraction of sp³-hybridized carbons (Fsp3) is 0.227. The summed E-state index contributed by atoms with van der Waals surface area (Å²) >= 11 is 0. The molecule has 0 unspecified atom stereocenters. The van der Waals surface area contributed by atoms with Crippen molar-refractivity contribution >= 4 is 29.6 Å².